The van der Waals surface area contributed by atoms with Gasteiger partial charge in [0.15, 0.2) is 5.72 Å². The number of benzene rings is 1. The minimum absolute atomic E-state index is 0.0118. The lowest BCUT2D eigenvalue weighted by atomic mass is 9.91. The number of methoxy groups -OCH3 is 3. The van der Waals surface area contributed by atoms with Gasteiger partial charge < -0.3 is 33.7 Å². The summed E-state index contributed by atoms with van der Waals surface area (Å²) in [5, 5.41) is 14.0. The SMILES string of the molecule is COc1cc(/C(C)=C/C=C/[C@@H](OC)[C@@]2(O)C[C@@H](C(C)C)OC(=O)N2)cc(N(C)C(=O)C[C@H](OC(=O)C(C)C)C(C)(C)OC)c1Cl. The van der Waals surface area contributed by atoms with E-state index in [-0.39, 0.29) is 35.6 Å². The third kappa shape index (κ3) is 9.68. The molecule has 4 atom stereocenters. The van der Waals surface area contributed by atoms with Gasteiger partial charge in [-0.05, 0) is 50.0 Å². The van der Waals surface area contributed by atoms with Crippen molar-refractivity contribution in [3.05, 3.63) is 40.9 Å². The van der Waals surface area contributed by atoms with E-state index in [9.17, 15) is 19.5 Å². The van der Waals surface area contributed by atoms with E-state index in [2.05, 4.69) is 5.32 Å². The quantitative estimate of drug-likeness (QED) is 0.197. The van der Waals surface area contributed by atoms with Crippen LogP contribution in [0.2, 0.25) is 5.02 Å². The molecule has 0 unspecified atom stereocenters. The number of ether oxygens (including phenoxy) is 5. The number of allylic oxidation sites excluding steroid dienone is 3. The van der Waals surface area contributed by atoms with Crippen LogP contribution in [-0.2, 0) is 28.5 Å². The number of aliphatic hydroxyl groups is 1. The van der Waals surface area contributed by atoms with Crippen molar-refractivity contribution in [2.45, 2.75) is 90.9 Å². The number of alkyl carbamates (subject to hydrolysis) is 1. The standard InChI is InChI=1S/C33H49ClN2O9/c1-19(2)25-18-33(40,35-31(39)44-25)26(42-10)14-12-13-21(5)22-15-23(29(34)24(16-22)41-9)36(8)28(37)17-27(32(6,7)43-11)45-30(38)20(3)4/h12-16,19-20,25-27,40H,17-18H2,1-11H3,(H,35,39)/b14-12+,21-13+/t25-,26+,27-,33-/m0/s1. The molecule has 0 spiro atoms. The molecule has 45 heavy (non-hydrogen) atoms. The van der Waals surface area contributed by atoms with Crippen molar-refractivity contribution < 1.29 is 43.2 Å². The topological polar surface area (TPSA) is 133 Å². The lowest BCUT2D eigenvalue weighted by Crippen LogP contribution is -2.63. The maximum absolute atomic E-state index is 13.5. The van der Waals surface area contributed by atoms with Crippen molar-refractivity contribution in [1.29, 1.82) is 0 Å². The summed E-state index contributed by atoms with van der Waals surface area (Å²) in [7, 11) is 6.01. The molecule has 11 nitrogen and oxygen atoms in total. The zero-order valence-electron chi connectivity index (χ0n) is 28.2. The lowest BCUT2D eigenvalue weighted by molar-refractivity contribution is -0.170. The molecule has 1 fully saturated rings. The molecule has 1 aliphatic heterocycles. The fourth-order valence-corrected chi connectivity index (χ4v) is 4.92. The molecule has 1 aliphatic rings. The highest BCUT2D eigenvalue weighted by atomic mass is 35.5. The number of hydrogen-bond acceptors (Lipinski definition) is 9. The summed E-state index contributed by atoms with van der Waals surface area (Å²) in [5.41, 5.74) is -0.694. The summed E-state index contributed by atoms with van der Waals surface area (Å²) in [6.07, 6.45) is 2.29. The number of halogens is 1. The van der Waals surface area contributed by atoms with Crippen LogP contribution in [0.15, 0.2) is 30.4 Å². The van der Waals surface area contributed by atoms with Crippen LogP contribution < -0.4 is 15.0 Å². The Hall–Kier alpha value is -3.12. The Morgan fingerprint density at radius 3 is 2.40 bits per heavy atom. The minimum Gasteiger partial charge on any atom is -0.495 e. The van der Waals surface area contributed by atoms with Crippen LogP contribution in [-0.4, -0.2) is 81.1 Å². The van der Waals surface area contributed by atoms with E-state index < -0.39 is 41.7 Å². The highest BCUT2D eigenvalue weighted by Gasteiger charge is 2.45. The summed E-state index contributed by atoms with van der Waals surface area (Å²) in [5.74, 6) is -0.787. The first-order chi connectivity index (χ1) is 20.9. The zero-order chi connectivity index (χ0) is 34.3. The van der Waals surface area contributed by atoms with Crippen LogP contribution in [0, 0.1) is 11.8 Å². The molecule has 1 aromatic carbocycles. The summed E-state index contributed by atoms with van der Waals surface area (Å²) >= 11 is 6.66. The van der Waals surface area contributed by atoms with Gasteiger partial charge in [-0.2, -0.15) is 0 Å². The fraction of sp³-hybridized carbons (Fsp3) is 0.606. The van der Waals surface area contributed by atoms with Crippen molar-refractivity contribution in [2.24, 2.45) is 11.8 Å². The molecule has 0 aliphatic carbocycles. The second-order valence-corrected chi connectivity index (χ2v) is 12.8. The number of rotatable bonds is 14. The maximum Gasteiger partial charge on any atom is 0.409 e. The Labute approximate surface area is 271 Å². The Morgan fingerprint density at radius 1 is 1.22 bits per heavy atom. The number of carbonyl (C=O) groups excluding carboxylic acids is 3. The Morgan fingerprint density at radius 2 is 1.87 bits per heavy atom. The van der Waals surface area contributed by atoms with Crippen LogP contribution in [0.25, 0.3) is 5.57 Å². The van der Waals surface area contributed by atoms with Crippen LogP contribution in [0.5, 0.6) is 5.75 Å². The molecule has 2 rings (SSSR count). The van der Waals surface area contributed by atoms with Gasteiger partial charge in [-0.3, -0.25) is 14.9 Å². The Balaban J connectivity index is 2.37. The average molecular weight is 653 g/mol. The van der Waals surface area contributed by atoms with E-state index in [4.69, 9.17) is 35.3 Å². The highest BCUT2D eigenvalue weighted by Crippen LogP contribution is 2.38. The van der Waals surface area contributed by atoms with E-state index in [1.54, 1.807) is 65.1 Å². The predicted octanol–water partition coefficient (Wildman–Crippen LogP) is 5.51. The second-order valence-electron chi connectivity index (χ2n) is 12.4. The van der Waals surface area contributed by atoms with Crippen LogP contribution >= 0.6 is 11.6 Å². The van der Waals surface area contributed by atoms with Gasteiger partial charge >= 0.3 is 12.1 Å². The van der Waals surface area contributed by atoms with Crippen molar-refractivity contribution >= 4 is 40.8 Å². The van der Waals surface area contributed by atoms with E-state index in [1.165, 1.54) is 26.2 Å². The summed E-state index contributed by atoms with van der Waals surface area (Å²) < 4.78 is 27.6. The van der Waals surface area contributed by atoms with Gasteiger partial charge in [-0.1, -0.05) is 57.5 Å². The van der Waals surface area contributed by atoms with E-state index in [0.717, 1.165) is 5.57 Å². The van der Waals surface area contributed by atoms with Crippen molar-refractivity contribution in [2.75, 3.05) is 33.3 Å². The first-order valence-electron chi connectivity index (χ1n) is 14.9. The van der Waals surface area contributed by atoms with Crippen LogP contribution in [0.3, 0.4) is 0 Å². The normalized spacial score (nSPS) is 20.6. The van der Waals surface area contributed by atoms with Gasteiger partial charge in [0, 0.05) is 27.7 Å². The molecule has 0 radical (unpaired) electrons. The van der Waals surface area contributed by atoms with Gasteiger partial charge in [-0.15, -0.1) is 0 Å². The molecule has 1 aromatic rings. The maximum atomic E-state index is 13.5. The van der Waals surface area contributed by atoms with Crippen molar-refractivity contribution in [3.8, 4) is 5.75 Å². The van der Waals surface area contributed by atoms with Gasteiger partial charge in [-0.25, -0.2) is 4.79 Å². The van der Waals surface area contributed by atoms with Gasteiger partial charge in [0.25, 0.3) is 0 Å². The summed E-state index contributed by atoms with van der Waals surface area (Å²) in [6, 6.07) is 3.50. The van der Waals surface area contributed by atoms with Crippen molar-refractivity contribution in [3.63, 3.8) is 0 Å². The van der Waals surface area contributed by atoms with Gasteiger partial charge in [0.1, 0.15) is 29.1 Å². The number of nitrogens with one attached hydrogen (secondary N) is 1. The van der Waals surface area contributed by atoms with Crippen LogP contribution in [0.1, 0.15) is 66.9 Å². The second kappa shape index (κ2) is 15.9. The first-order valence-corrected chi connectivity index (χ1v) is 15.3. The third-order valence-electron chi connectivity index (χ3n) is 8.01. The molecular formula is C33H49ClN2O9. The predicted molar refractivity (Wildman–Crippen MR) is 173 cm³/mol. The fourth-order valence-electron chi connectivity index (χ4n) is 4.60. The highest BCUT2D eigenvalue weighted by molar-refractivity contribution is 6.35. The Kier molecular flexibility index (Phi) is 13.5. The van der Waals surface area contributed by atoms with E-state index >= 15 is 0 Å². The first kappa shape index (κ1) is 38.1. The molecule has 2 amide bonds. The number of anilines is 1. The average Bonchev–Trinajstić information content (AvgIpc) is 2.97. The summed E-state index contributed by atoms with van der Waals surface area (Å²) in [6.45, 7) is 12.6. The molecule has 1 saturated heterocycles. The number of cyclic esters (lactones) is 1. The minimum atomic E-state index is -1.66. The molecule has 252 valence electrons. The molecule has 12 heteroatoms. The lowest BCUT2D eigenvalue weighted by Gasteiger charge is -2.41. The smallest absolute Gasteiger partial charge is 0.409 e. The molecule has 2 N–H and O–H groups in total. The van der Waals surface area contributed by atoms with Crippen molar-refractivity contribution in [1.82, 2.24) is 5.32 Å². The molecule has 0 aromatic heterocycles. The van der Waals surface area contributed by atoms with Gasteiger partial charge in [0.2, 0.25) is 5.91 Å². The van der Waals surface area contributed by atoms with E-state index in [0.29, 0.717) is 17.0 Å². The number of esters is 1. The number of amides is 2. The monoisotopic (exact) mass is 652 g/mol. The number of hydrogen-bond donors (Lipinski definition) is 2. The Bertz CT molecular complexity index is 1280. The van der Waals surface area contributed by atoms with E-state index in [1.807, 2.05) is 20.8 Å². The number of carbonyl (C=O) groups is 3. The van der Waals surface area contributed by atoms with Gasteiger partial charge in [0.05, 0.1) is 30.7 Å². The third-order valence-corrected chi connectivity index (χ3v) is 8.39. The summed E-state index contributed by atoms with van der Waals surface area (Å²) in [4.78, 5) is 39.5. The molecular weight excluding hydrogens is 604 g/mol. The molecule has 0 bridgehead atoms. The van der Waals surface area contributed by atoms with Crippen LogP contribution in [0.4, 0.5) is 10.5 Å². The molecule has 1 heterocycles. The zero-order valence-corrected chi connectivity index (χ0v) is 29.0. The molecule has 0 saturated carbocycles. The number of nitrogens with zero attached hydrogens (tertiary/aromatic N) is 1. The largest absolute Gasteiger partial charge is 0.495 e.